The number of nitrogens with one attached hydrogen (secondary N) is 1. The molecule has 3 aromatic rings. The summed E-state index contributed by atoms with van der Waals surface area (Å²) in [5, 5.41) is 7.80. The third kappa shape index (κ3) is 2.95. The molecule has 6 heteroatoms. The topological polar surface area (TPSA) is 75.7 Å². The standard InChI is InChI=1S/C15H15N3O2S/c1-10-7-15(14-5-6-16-18-14)17-13-4-3-11(8-12(10)13)9-21(2,19)20/h3-8H,9H2,1-2H3,(H,16,18). The van der Waals surface area contributed by atoms with Crippen LogP contribution in [0.25, 0.3) is 22.3 Å². The first-order valence-electron chi connectivity index (χ1n) is 6.50. The normalized spacial score (nSPS) is 11.9. The maximum atomic E-state index is 11.4. The number of hydrogen-bond donors (Lipinski definition) is 1. The summed E-state index contributed by atoms with van der Waals surface area (Å²) in [7, 11) is -3.04. The lowest BCUT2D eigenvalue weighted by Gasteiger charge is -2.07. The Bertz CT molecular complexity index is 900. The number of aromatic nitrogens is 3. The number of fused-ring (bicyclic) bond motifs is 1. The number of sulfone groups is 1. The van der Waals surface area contributed by atoms with E-state index in [1.54, 1.807) is 6.20 Å². The van der Waals surface area contributed by atoms with Crippen molar-refractivity contribution in [3.05, 3.63) is 47.7 Å². The molecule has 0 aliphatic heterocycles. The first kappa shape index (κ1) is 13.8. The second kappa shape index (κ2) is 4.96. The van der Waals surface area contributed by atoms with Gasteiger partial charge in [-0.2, -0.15) is 5.10 Å². The van der Waals surface area contributed by atoms with Crippen LogP contribution in [0.3, 0.4) is 0 Å². The number of hydrogen-bond acceptors (Lipinski definition) is 4. The van der Waals surface area contributed by atoms with E-state index in [9.17, 15) is 8.42 Å². The Hall–Kier alpha value is -2.21. The summed E-state index contributed by atoms with van der Waals surface area (Å²) in [6.45, 7) is 1.99. The van der Waals surface area contributed by atoms with Gasteiger partial charge in [-0.05, 0) is 42.3 Å². The van der Waals surface area contributed by atoms with Gasteiger partial charge in [0.05, 0.1) is 22.7 Å². The van der Waals surface area contributed by atoms with E-state index in [2.05, 4.69) is 15.2 Å². The van der Waals surface area contributed by atoms with E-state index in [-0.39, 0.29) is 5.75 Å². The minimum Gasteiger partial charge on any atom is -0.276 e. The van der Waals surface area contributed by atoms with E-state index in [0.29, 0.717) is 0 Å². The van der Waals surface area contributed by atoms with Gasteiger partial charge >= 0.3 is 0 Å². The van der Waals surface area contributed by atoms with Gasteiger partial charge in [-0.1, -0.05) is 6.07 Å². The minimum absolute atomic E-state index is 0.0463. The Kier molecular flexibility index (Phi) is 3.25. The van der Waals surface area contributed by atoms with Crippen LogP contribution in [0.4, 0.5) is 0 Å². The van der Waals surface area contributed by atoms with Crippen molar-refractivity contribution in [1.82, 2.24) is 15.2 Å². The van der Waals surface area contributed by atoms with Crippen molar-refractivity contribution in [2.75, 3.05) is 6.26 Å². The van der Waals surface area contributed by atoms with Gasteiger partial charge in [-0.3, -0.25) is 5.10 Å². The highest BCUT2D eigenvalue weighted by Gasteiger charge is 2.09. The second-order valence-corrected chi connectivity index (χ2v) is 7.36. The van der Waals surface area contributed by atoms with Crippen LogP contribution >= 0.6 is 0 Å². The molecule has 0 saturated carbocycles. The maximum absolute atomic E-state index is 11.4. The summed E-state index contributed by atoms with van der Waals surface area (Å²) >= 11 is 0. The third-order valence-electron chi connectivity index (χ3n) is 3.29. The molecule has 3 rings (SSSR count). The molecule has 0 aliphatic rings. The lowest BCUT2D eigenvalue weighted by Crippen LogP contribution is -2.01. The average Bonchev–Trinajstić information content (AvgIpc) is 2.91. The summed E-state index contributed by atoms with van der Waals surface area (Å²) in [6.07, 6.45) is 2.93. The van der Waals surface area contributed by atoms with Crippen LogP contribution in [-0.2, 0) is 15.6 Å². The Morgan fingerprint density at radius 2 is 2.00 bits per heavy atom. The summed E-state index contributed by atoms with van der Waals surface area (Å²) < 4.78 is 22.8. The van der Waals surface area contributed by atoms with Gasteiger partial charge < -0.3 is 0 Å². The number of nitrogens with zero attached hydrogens (tertiary/aromatic N) is 2. The highest BCUT2D eigenvalue weighted by Crippen LogP contribution is 2.24. The molecule has 5 nitrogen and oxygen atoms in total. The van der Waals surface area contributed by atoms with E-state index < -0.39 is 9.84 Å². The lowest BCUT2D eigenvalue weighted by atomic mass is 10.1. The number of rotatable bonds is 3. The Morgan fingerprint density at radius 1 is 1.19 bits per heavy atom. The summed E-state index contributed by atoms with van der Waals surface area (Å²) in [5.74, 6) is 0.0463. The zero-order valence-corrected chi connectivity index (χ0v) is 12.6. The molecular weight excluding hydrogens is 286 g/mol. The second-order valence-electron chi connectivity index (χ2n) is 5.22. The molecule has 0 radical (unpaired) electrons. The maximum Gasteiger partial charge on any atom is 0.151 e. The fourth-order valence-electron chi connectivity index (χ4n) is 2.37. The number of pyridine rings is 1. The molecule has 0 fully saturated rings. The molecule has 1 N–H and O–H groups in total. The van der Waals surface area contributed by atoms with E-state index in [1.807, 2.05) is 37.3 Å². The van der Waals surface area contributed by atoms with Gasteiger partial charge in [0.15, 0.2) is 9.84 Å². The van der Waals surface area contributed by atoms with Crippen molar-refractivity contribution in [3.63, 3.8) is 0 Å². The molecule has 0 spiro atoms. The average molecular weight is 301 g/mol. The van der Waals surface area contributed by atoms with Crippen molar-refractivity contribution in [2.24, 2.45) is 0 Å². The Balaban J connectivity index is 2.12. The number of aryl methyl sites for hydroxylation is 1. The first-order valence-corrected chi connectivity index (χ1v) is 8.56. The SMILES string of the molecule is Cc1cc(-c2ccn[nH]2)nc2ccc(CS(C)(=O)=O)cc12. The smallest absolute Gasteiger partial charge is 0.151 e. The minimum atomic E-state index is -3.04. The number of H-pyrrole nitrogens is 1. The lowest BCUT2D eigenvalue weighted by molar-refractivity contribution is 0.601. The molecule has 2 heterocycles. The molecular formula is C15H15N3O2S. The van der Waals surface area contributed by atoms with Gasteiger partial charge in [0.1, 0.15) is 0 Å². The fraction of sp³-hybridized carbons (Fsp3) is 0.200. The van der Waals surface area contributed by atoms with Crippen molar-refractivity contribution >= 4 is 20.7 Å². The van der Waals surface area contributed by atoms with Crippen molar-refractivity contribution in [3.8, 4) is 11.4 Å². The third-order valence-corrected chi connectivity index (χ3v) is 4.14. The molecule has 0 saturated heterocycles. The quantitative estimate of drug-likeness (QED) is 0.806. The molecule has 108 valence electrons. The van der Waals surface area contributed by atoms with Crippen molar-refractivity contribution < 1.29 is 8.42 Å². The first-order chi connectivity index (χ1) is 9.92. The summed E-state index contributed by atoms with van der Waals surface area (Å²) in [5.41, 5.74) is 4.37. The van der Waals surface area contributed by atoms with E-state index in [4.69, 9.17) is 0 Å². The van der Waals surface area contributed by atoms with Crippen molar-refractivity contribution in [2.45, 2.75) is 12.7 Å². The van der Waals surface area contributed by atoms with Gasteiger partial charge in [0, 0.05) is 17.8 Å². The van der Waals surface area contributed by atoms with Crippen LogP contribution in [0.2, 0.25) is 0 Å². The monoisotopic (exact) mass is 301 g/mol. The molecule has 0 unspecified atom stereocenters. The van der Waals surface area contributed by atoms with Crippen LogP contribution in [-0.4, -0.2) is 29.9 Å². The van der Waals surface area contributed by atoms with Gasteiger partial charge in [0.2, 0.25) is 0 Å². The molecule has 0 amide bonds. The molecule has 0 aliphatic carbocycles. The summed E-state index contributed by atoms with van der Waals surface area (Å²) in [4.78, 5) is 4.60. The number of aromatic amines is 1. The molecule has 2 aromatic heterocycles. The molecule has 0 atom stereocenters. The molecule has 0 bridgehead atoms. The van der Waals surface area contributed by atoms with Crippen molar-refractivity contribution in [1.29, 1.82) is 0 Å². The highest BCUT2D eigenvalue weighted by molar-refractivity contribution is 7.89. The van der Waals surface area contributed by atoms with Crippen LogP contribution in [0.5, 0.6) is 0 Å². The highest BCUT2D eigenvalue weighted by atomic mass is 32.2. The van der Waals surface area contributed by atoms with Gasteiger partial charge in [-0.25, -0.2) is 13.4 Å². The van der Waals surface area contributed by atoms with Gasteiger partial charge in [0.25, 0.3) is 0 Å². The molecule has 1 aromatic carbocycles. The molecule has 21 heavy (non-hydrogen) atoms. The predicted molar refractivity (Wildman–Crippen MR) is 82.6 cm³/mol. The van der Waals surface area contributed by atoms with E-state index in [0.717, 1.165) is 33.4 Å². The predicted octanol–water partition coefficient (Wildman–Crippen LogP) is 2.48. The van der Waals surface area contributed by atoms with E-state index >= 15 is 0 Å². The van der Waals surface area contributed by atoms with Crippen LogP contribution in [0.1, 0.15) is 11.1 Å². The zero-order chi connectivity index (χ0) is 15.0. The van der Waals surface area contributed by atoms with Crippen LogP contribution < -0.4 is 0 Å². The fourth-order valence-corrected chi connectivity index (χ4v) is 3.16. The number of benzene rings is 1. The van der Waals surface area contributed by atoms with Crippen LogP contribution in [0, 0.1) is 6.92 Å². The largest absolute Gasteiger partial charge is 0.276 e. The Labute approximate surface area is 123 Å². The zero-order valence-electron chi connectivity index (χ0n) is 11.8. The Morgan fingerprint density at radius 3 is 2.67 bits per heavy atom. The van der Waals surface area contributed by atoms with Crippen LogP contribution in [0.15, 0.2) is 36.5 Å². The van der Waals surface area contributed by atoms with Gasteiger partial charge in [-0.15, -0.1) is 0 Å². The van der Waals surface area contributed by atoms with E-state index in [1.165, 1.54) is 6.26 Å². The summed E-state index contributed by atoms with van der Waals surface area (Å²) in [6, 6.07) is 9.41.